The van der Waals surface area contributed by atoms with Crippen LogP contribution in [0, 0.1) is 38.5 Å². The van der Waals surface area contributed by atoms with Crippen LogP contribution in [0.2, 0.25) is 0 Å². The molecular weight excluding hydrogens is 2400 g/mol. The fraction of sp³-hybridized carbons (Fsp3) is 0.243. The molecule has 27 nitrogen and oxygen atoms in total. The lowest BCUT2D eigenvalue weighted by Gasteiger charge is -2.13. The Labute approximate surface area is 945 Å². The average molecular weight is 2500 g/mol. The van der Waals surface area contributed by atoms with Gasteiger partial charge in [0.25, 0.3) is 0 Å². The summed E-state index contributed by atoms with van der Waals surface area (Å²) in [5.74, 6) is 2.83. The van der Waals surface area contributed by atoms with Crippen LogP contribution < -0.4 is 0 Å². The van der Waals surface area contributed by atoms with Crippen LogP contribution in [0.4, 0.5) is 0 Å². The highest BCUT2D eigenvalue weighted by Gasteiger charge is 2.34. The van der Waals surface area contributed by atoms with Gasteiger partial charge in [0.1, 0.15) is 21.5 Å². The predicted octanol–water partition coefficient (Wildman–Crippen LogP) is 27.7. The first-order valence-corrected chi connectivity index (χ1v) is 58.1. The molecule has 0 spiro atoms. The molecule has 3 N–H and O–H groups in total. The number of aromatic nitrogens is 18. The Morgan fingerprint density at radius 1 is 0.247 bits per heavy atom. The molecule has 0 bridgehead atoms. The number of nitrogens with zero attached hydrogens (tertiary/aromatic N) is 18. The molecule has 150 heavy (non-hydrogen) atoms. The summed E-state index contributed by atoms with van der Waals surface area (Å²) in [5.41, 5.74) is 14.4. The number of halogens is 6. The minimum atomic E-state index is -0.875. The molecule has 39 heteroatoms. The number of benzene rings is 12. The summed E-state index contributed by atoms with van der Waals surface area (Å²) in [4.78, 5) is 66.6. The first-order valence-electron chi connectivity index (χ1n) is 48.9. The number of hydrogen-bond acceptors (Lipinski definition) is 24. The molecule has 0 atom stereocenters. The zero-order chi connectivity index (χ0) is 108. The van der Waals surface area contributed by atoms with Gasteiger partial charge in [0.2, 0.25) is 28.4 Å². The van der Waals surface area contributed by atoms with Gasteiger partial charge < -0.3 is 15.3 Å². The second-order valence-corrected chi connectivity index (χ2v) is 45.4. The Morgan fingerprint density at radius 2 is 0.380 bits per heavy atom. The van der Waals surface area contributed by atoms with Gasteiger partial charge in [0.05, 0.1) is 68.6 Å². The van der Waals surface area contributed by atoms with Crippen LogP contribution in [0.5, 0.6) is 0 Å². The van der Waals surface area contributed by atoms with Gasteiger partial charge in [-0.2, -0.15) is 0 Å². The van der Waals surface area contributed by atoms with Crippen molar-refractivity contribution in [1.82, 2.24) is 88.6 Å². The first-order chi connectivity index (χ1) is 74.1. The van der Waals surface area contributed by atoms with Crippen LogP contribution >= 0.6 is 166 Å². The van der Waals surface area contributed by atoms with Crippen molar-refractivity contribution >= 4 is 266 Å². The normalized spacial score (nSPS) is 13.8. The molecule has 0 unspecified atom stereocenters. The maximum atomic E-state index is 11.3. The molecule has 6 aromatic heterocycles. The molecule has 12 aromatic carbocycles. The van der Waals surface area contributed by atoms with Crippen molar-refractivity contribution < 1.29 is 48.2 Å². The van der Waals surface area contributed by atoms with Crippen LogP contribution in [0.25, 0.3) is 98.8 Å². The van der Waals surface area contributed by atoms with E-state index in [1.165, 1.54) is 213 Å². The van der Waals surface area contributed by atoms with E-state index < -0.39 is 17.9 Å². The molecule has 0 radical (unpaired) electrons. The number of aliphatic carboxylic acids is 3. The topological polar surface area (TPSA) is 347 Å². The van der Waals surface area contributed by atoms with Gasteiger partial charge in [-0.3, -0.25) is 56.2 Å². The lowest BCUT2D eigenvalue weighted by Crippen LogP contribution is -2.03. The van der Waals surface area contributed by atoms with Crippen LogP contribution in [0.15, 0.2) is 278 Å². The van der Waals surface area contributed by atoms with E-state index in [1.807, 2.05) is 45.6 Å². The van der Waals surface area contributed by atoms with E-state index >= 15 is 0 Å². The fourth-order valence-corrected chi connectivity index (χ4v) is 25.2. The van der Waals surface area contributed by atoms with Gasteiger partial charge >= 0.3 is 17.9 Å². The Bertz CT molecular complexity index is 7140. The van der Waals surface area contributed by atoms with Gasteiger partial charge in [-0.05, 0) is 331 Å². The summed E-state index contributed by atoms with van der Waals surface area (Å²) >= 11 is 28.5. The number of carboxylic acids is 3. The van der Waals surface area contributed by atoms with Crippen molar-refractivity contribution in [2.75, 3.05) is 34.5 Å². The number of hydrogen-bond donors (Lipinski definition) is 3. The van der Waals surface area contributed by atoms with Gasteiger partial charge in [0.15, 0.2) is 30.9 Å². The molecule has 24 rings (SSSR count). The molecule has 6 aliphatic carbocycles. The number of carboxylic acid groups (broad SMARTS) is 3. The van der Waals surface area contributed by atoms with E-state index in [0.29, 0.717) is 96.6 Å². The SMILES string of the molecule is CC(=O)CSc1nnc(Br)n1-c1ccc(C2CC2)c2ccccc12.CC(=O)CSc1nnc(Br)n1-c1ccc(C2CC2)c2ccccc12.CC(=O)CSc1nnc(Br)n1-c1ccc(C2CC2)c2ccccc12.O=C(O)CSc1nnc(Br)n1-c1ccc(C2CC2)c2ccccc12.O=C(O)CSc1nnc(Br)n1-c1ccc(C2CC2)c2ccccc12.O=C(O)CSc1nnc(Br)n1-c1ccc(C2CC2)c2ccccc12.[2H]C#C.[2H]C#C.[2H]C#C. The third-order valence-electron chi connectivity index (χ3n) is 24.9. The Hall–Kier alpha value is -11.9. The van der Waals surface area contributed by atoms with Gasteiger partial charge in [-0.25, -0.2) is 0 Å². The third-order valence-corrected chi connectivity index (χ3v) is 33.9. The molecule has 6 saturated carbocycles. The van der Waals surface area contributed by atoms with Crippen LogP contribution in [-0.2, 0) is 28.8 Å². The van der Waals surface area contributed by atoms with E-state index in [4.69, 9.17) is 19.4 Å². The largest absolute Gasteiger partial charge is 0.481 e. The summed E-state index contributed by atoms with van der Waals surface area (Å²) < 4.78 is 32.4. The number of terminal acetylenes is 3. The van der Waals surface area contributed by atoms with E-state index in [-0.39, 0.29) is 34.6 Å². The number of carbonyl (C=O) groups is 6. The maximum absolute atomic E-state index is 11.3. The smallest absolute Gasteiger partial charge is 0.313 e. The lowest BCUT2D eigenvalue weighted by molar-refractivity contribution is -0.134. The molecule has 18 aromatic rings. The summed E-state index contributed by atoms with van der Waals surface area (Å²) in [6, 6.07) is 76.2. The molecule has 762 valence electrons. The first kappa shape index (κ1) is 107. The van der Waals surface area contributed by atoms with E-state index in [2.05, 4.69) is 376 Å². The van der Waals surface area contributed by atoms with Gasteiger partial charge in [0, 0.05) is 32.3 Å². The minimum Gasteiger partial charge on any atom is -0.481 e. The molecule has 0 amide bonds. The number of thioether (sulfide) groups is 6. The average Bonchev–Trinajstić information content (AvgIpc) is 1.63. The van der Waals surface area contributed by atoms with Crippen molar-refractivity contribution in [3.63, 3.8) is 0 Å². The number of Topliss-reactive ketones (excluding diaryl/α,β-unsaturated/α-hetero) is 3. The van der Waals surface area contributed by atoms with Crippen molar-refractivity contribution in [3.05, 3.63) is 280 Å². The number of fused-ring (bicyclic) bond motifs is 6. The monoisotopic (exact) mass is 2490 g/mol. The van der Waals surface area contributed by atoms with Crippen molar-refractivity contribution in [2.45, 2.75) is 164 Å². The lowest BCUT2D eigenvalue weighted by atomic mass is 9.99. The number of carbonyl (C=O) groups excluding carboxylic acids is 3. The van der Waals surface area contributed by atoms with Crippen molar-refractivity contribution in [1.29, 1.82) is 0 Å². The Kier molecular flexibility index (Phi) is 36.6. The number of rotatable bonds is 30. The zero-order valence-corrected chi connectivity index (χ0v) is 95.2. The second-order valence-electron chi connectivity index (χ2n) is 35.5. The molecule has 0 aliphatic heterocycles. The Morgan fingerprint density at radius 3 is 0.507 bits per heavy atom. The summed E-state index contributed by atoms with van der Waals surface area (Å²) in [6.45, 7) is 4.76. The van der Waals surface area contributed by atoms with Crippen molar-refractivity contribution in [3.8, 4) is 72.6 Å². The predicted molar refractivity (Wildman–Crippen MR) is 620 cm³/mol. The molecule has 6 fully saturated rings. The highest BCUT2D eigenvalue weighted by Crippen LogP contribution is 2.52. The van der Waals surface area contributed by atoms with Gasteiger partial charge in [-0.15, -0.1) is 99.7 Å². The molecule has 0 saturated heterocycles. The summed E-state index contributed by atoms with van der Waals surface area (Å²) in [7, 11) is 0. The second kappa shape index (κ2) is 51.5. The van der Waals surface area contributed by atoms with Gasteiger partial charge in [-0.1, -0.05) is 253 Å². The molecule has 6 aliphatic rings. The highest BCUT2D eigenvalue weighted by atomic mass is 79.9. The number of ketones is 3. The van der Waals surface area contributed by atoms with Crippen LogP contribution in [-0.4, -0.2) is 174 Å². The standard InChI is InChI=1S/3C18H16BrN3OS.3C17H14BrN3O2S.3C2H2/c3*1-11(23)10-24-18-21-20-17(19)22(18)16-9-8-13(12-6-7-12)14-4-2-3-5-15(14)16;3*18-16-19-20-17(24-9-15(22)23)21(16)14-8-7-11(10-5-6-10)12-3-1-2-4-13(12)14;3*1-2/h3*2-5,8-9,12H,6-7,10H2,1H3;3*1-4,7-8,10H,5-6,9H2,(H,22,23);3*1-2H/i;;;;;;3*1D. The quantitative estimate of drug-likeness (QED) is 0.0278. The highest BCUT2D eigenvalue weighted by molar-refractivity contribution is 9.11. The molecular formula is C111H96Br6N18O9S6. The fourth-order valence-electron chi connectivity index (χ4n) is 17.7. The third kappa shape index (κ3) is 26.5. The van der Waals surface area contributed by atoms with Crippen LogP contribution in [0.3, 0.4) is 0 Å². The van der Waals surface area contributed by atoms with Crippen molar-refractivity contribution in [2.24, 2.45) is 0 Å². The maximum Gasteiger partial charge on any atom is 0.313 e. The van der Waals surface area contributed by atoms with E-state index in [9.17, 15) is 28.8 Å². The Balaban J connectivity index is 0.000000128. The van der Waals surface area contributed by atoms with Crippen LogP contribution in [0.1, 0.15) is 171 Å². The zero-order valence-electron chi connectivity index (χ0n) is 83.8. The molecule has 6 heterocycles. The summed E-state index contributed by atoms with van der Waals surface area (Å²) in [5, 5.41) is 94.8. The minimum absolute atomic E-state index is 0.0524. The van der Waals surface area contributed by atoms with E-state index in [0.717, 1.165) is 101 Å². The summed E-state index contributed by atoms with van der Waals surface area (Å²) in [6.07, 6.45) is 32.5. The van der Waals surface area contributed by atoms with E-state index in [1.54, 1.807) is 20.8 Å².